The summed E-state index contributed by atoms with van der Waals surface area (Å²) in [5.41, 5.74) is 0. The summed E-state index contributed by atoms with van der Waals surface area (Å²) in [6.07, 6.45) is 5.58. The Morgan fingerprint density at radius 2 is 1.77 bits per heavy atom. The summed E-state index contributed by atoms with van der Waals surface area (Å²) in [4.78, 5) is 0. The third-order valence-corrected chi connectivity index (χ3v) is 1.31. The van der Waals surface area contributed by atoms with Gasteiger partial charge < -0.3 is 0 Å². The zero-order chi connectivity index (χ0) is 9.23. The Morgan fingerprint density at radius 1 is 1.23 bits per heavy atom. The van der Waals surface area contributed by atoms with E-state index in [2.05, 4.69) is 6.58 Å². The fourth-order valence-corrected chi connectivity index (χ4v) is 0.696. The van der Waals surface area contributed by atoms with E-state index < -0.39 is 0 Å². The fourth-order valence-electron chi connectivity index (χ4n) is 0.551. The molecule has 0 amide bonds. The van der Waals surface area contributed by atoms with Gasteiger partial charge in [-0.25, -0.2) is 0 Å². The van der Waals surface area contributed by atoms with Crippen molar-refractivity contribution in [2.45, 2.75) is 6.92 Å². The fraction of sp³-hybridized carbons (Fsp3) is 0.0909. The van der Waals surface area contributed by atoms with E-state index in [9.17, 15) is 0 Å². The summed E-state index contributed by atoms with van der Waals surface area (Å²) in [5.74, 6) is 0. The summed E-state index contributed by atoms with van der Waals surface area (Å²) in [6, 6.07) is 9.44. The molecule has 1 aromatic carbocycles. The Bertz CT molecular complexity index is 229. The van der Waals surface area contributed by atoms with Gasteiger partial charge in [-0.3, -0.25) is 0 Å². The van der Waals surface area contributed by atoms with Gasteiger partial charge in [0, 0.05) is 22.1 Å². The number of rotatable bonds is 1. The van der Waals surface area contributed by atoms with Gasteiger partial charge in [-0.15, -0.1) is 0 Å². The number of hydrogen-bond acceptors (Lipinski definition) is 0. The maximum atomic E-state index is 5.54. The molecule has 0 fully saturated rings. The van der Waals surface area contributed by atoms with Crippen LogP contribution in [-0.2, 0) is 17.1 Å². The minimum absolute atomic E-state index is 0. The zero-order valence-corrected chi connectivity index (χ0v) is 9.42. The van der Waals surface area contributed by atoms with Gasteiger partial charge in [0.25, 0.3) is 0 Å². The van der Waals surface area contributed by atoms with Crippen LogP contribution in [0.25, 0.3) is 0 Å². The molecule has 0 aliphatic rings. The molecule has 0 N–H and O–H groups in total. The van der Waals surface area contributed by atoms with Crippen LogP contribution >= 0.6 is 11.6 Å². The molecule has 0 bridgehead atoms. The molecule has 0 nitrogen and oxygen atoms in total. The van der Waals surface area contributed by atoms with Crippen molar-refractivity contribution in [3.05, 3.63) is 60.2 Å². The number of allylic oxidation sites excluding steroid dienone is 3. The SMILES string of the molecule is C=CC=CC.Clc1ccccc1.[Fe]. The van der Waals surface area contributed by atoms with Crippen molar-refractivity contribution in [1.82, 2.24) is 0 Å². The van der Waals surface area contributed by atoms with E-state index in [4.69, 9.17) is 11.6 Å². The molecule has 0 aromatic heterocycles. The van der Waals surface area contributed by atoms with Gasteiger partial charge in [0.1, 0.15) is 0 Å². The molecule has 0 heterocycles. The molecule has 0 unspecified atom stereocenters. The van der Waals surface area contributed by atoms with E-state index in [1.54, 1.807) is 6.08 Å². The molecule has 0 spiro atoms. The number of benzene rings is 1. The maximum absolute atomic E-state index is 5.54. The standard InChI is InChI=1S/C6H5Cl.C5H8.Fe/c7-6-4-2-1-3-5-6;1-3-5-4-2;/h1-5H;3-5H,1H2,2H3;. The molecule has 13 heavy (non-hydrogen) atoms. The van der Waals surface area contributed by atoms with E-state index >= 15 is 0 Å². The molecule has 0 saturated heterocycles. The van der Waals surface area contributed by atoms with Crippen molar-refractivity contribution < 1.29 is 17.1 Å². The second-order valence-electron chi connectivity index (χ2n) is 2.06. The Hall–Kier alpha value is -0.491. The average Bonchev–Trinajstić information content (AvgIpc) is 2.08. The Balaban J connectivity index is 0. The second-order valence-corrected chi connectivity index (χ2v) is 2.49. The van der Waals surface area contributed by atoms with Crippen LogP contribution in [0.5, 0.6) is 0 Å². The minimum atomic E-state index is 0. The van der Waals surface area contributed by atoms with E-state index in [0.717, 1.165) is 5.02 Å². The van der Waals surface area contributed by atoms with Crippen molar-refractivity contribution in [2.24, 2.45) is 0 Å². The van der Waals surface area contributed by atoms with E-state index in [0.29, 0.717) is 0 Å². The van der Waals surface area contributed by atoms with Gasteiger partial charge in [0.2, 0.25) is 0 Å². The van der Waals surface area contributed by atoms with Crippen molar-refractivity contribution in [3.8, 4) is 0 Å². The van der Waals surface area contributed by atoms with Gasteiger partial charge in [-0.05, 0) is 19.1 Å². The Kier molecular flexibility index (Phi) is 13.3. The van der Waals surface area contributed by atoms with Gasteiger partial charge in [-0.2, -0.15) is 0 Å². The molecule has 0 aliphatic carbocycles. The molecule has 0 saturated carbocycles. The summed E-state index contributed by atoms with van der Waals surface area (Å²) in [5, 5.41) is 0.794. The van der Waals surface area contributed by atoms with Gasteiger partial charge in [0.15, 0.2) is 0 Å². The van der Waals surface area contributed by atoms with Crippen molar-refractivity contribution in [3.63, 3.8) is 0 Å². The molecule has 0 radical (unpaired) electrons. The third-order valence-electron chi connectivity index (χ3n) is 1.06. The molecular weight excluding hydrogens is 223 g/mol. The third kappa shape index (κ3) is 11.5. The van der Waals surface area contributed by atoms with Crippen molar-refractivity contribution in [1.29, 1.82) is 0 Å². The van der Waals surface area contributed by atoms with Crippen LogP contribution in [0.1, 0.15) is 6.92 Å². The summed E-state index contributed by atoms with van der Waals surface area (Å²) in [7, 11) is 0. The van der Waals surface area contributed by atoms with Crippen LogP contribution in [0, 0.1) is 0 Å². The average molecular weight is 237 g/mol. The van der Waals surface area contributed by atoms with Crippen LogP contribution in [0.15, 0.2) is 55.1 Å². The molecule has 0 aliphatic heterocycles. The predicted octanol–water partition coefficient (Wildman–Crippen LogP) is 4.09. The van der Waals surface area contributed by atoms with Crippen LogP contribution in [0.3, 0.4) is 0 Å². The maximum Gasteiger partial charge on any atom is 0.0405 e. The van der Waals surface area contributed by atoms with E-state index in [-0.39, 0.29) is 17.1 Å². The first-order chi connectivity index (χ1) is 5.81. The number of halogens is 1. The van der Waals surface area contributed by atoms with Crippen molar-refractivity contribution in [2.75, 3.05) is 0 Å². The largest absolute Gasteiger partial charge is 0.0991 e. The van der Waals surface area contributed by atoms with Crippen LogP contribution in [-0.4, -0.2) is 0 Å². The Morgan fingerprint density at radius 3 is 1.92 bits per heavy atom. The molecule has 1 aromatic rings. The Labute approximate surface area is 95.8 Å². The smallest absolute Gasteiger partial charge is 0.0405 e. The molecule has 0 atom stereocenters. The molecular formula is C11H13ClFe. The topological polar surface area (TPSA) is 0 Å². The van der Waals surface area contributed by atoms with Crippen molar-refractivity contribution >= 4 is 11.6 Å². The summed E-state index contributed by atoms with van der Waals surface area (Å²) in [6.45, 7) is 5.42. The summed E-state index contributed by atoms with van der Waals surface area (Å²) >= 11 is 5.54. The predicted molar refractivity (Wildman–Crippen MR) is 56.5 cm³/mol. The van der Waals surface area contributed by atoms with Gasteiger partial charge in [-0.1, -0.05) is 54.6 Å². The van der Waals surface area contributed by atoms with Crippen LogP contribution in [0.4, 0.5) is 0 Å². The van der Waals surface area contributed by atoms with Crippen LogP contribution < -0.4 is 0 Å². The van der Waals surface area contributed by atoms with Gasteiger partial charge in [0.05, 0.1) is 0 Å². The molecule has 2 heteroatoms. The first kappa shape index (κ1) is 15.0. The zero-order valence-electron chi connectivity index (χ0n) is 7.56. The minimum Gasteiger partial charge on any atom is -0.0991 e. The quantitative estimate of drug-likeness (QED) is 0.509. The van der Waals surface area contributed by atoms with Gasteiger partial charge >= 0.3 is 0 Å². The number of hydrogen-bond donors (Lipinski definition) is 0. The molecule has 1 rings (SSSR count). The normalized spacial score (nSPS) is 8.15. The van der Waals surface area contributed by atoms with E-state index in [1.165, 1.54) is 0 Å². The second kappa shape index (κ2) is 11.5. The molecule has 72 valence electrons. The van der Waals surface area contributed by atoms with Crippen LogP contribution in [0.2, 0.25) is 5.02 Å². The van der Waals surface area contributed by atoms with E-state index in [1.807, 2.05) is 49.4 Å². The monoisotopic (exact) mass is 236 g/mol. The first-order valence-electron chi connectivity index (χ1n) is 3.75. The summed E-state index contributed by atoms with van der Waals surface area (Å²) < 4.78 is 0. The first-order valence-corrected chi connectivity index (χ1v) is 4.13.